The largest absolute Gasteiger partial charge is 0.339 e. The predicted molar refractivity (Wildman–Crippen MR) is 121 cm³/mol. The van der Waals surface area contributed by atoms with Crippen molar-refractivity contribution in [1.29, 1.82) is 0 Å². The summed E-state index contributed by atoms with van der Waals surface area (Å²) in [5, 5.41) is 0. The third kappa shape index (κ3) is 5.13. The highest BCUT2D eigenvalue weighted by molar-refractivity contribution is 7.93. The number of halogens is 2. The van der Waals surface area contributed by atoms with E-state index in [0.717, 1.165) is 23.8 Å². The summed E-state index contributed by atoms with van der Waals surface area (Å²) in [6, 6.07) is 9.79. The standard InChI is InChI=1S/C24H24F2N2O4S/c25-19-5-8-22(26)21(16-19)24(30)18-10-13-27(14-11-18)23(29)9-4-17-2-6-20(7-3-17)28-12-1-15-33(28,31)32/h2-9,16,18H,1,10-15H2/b9-4+. The summed E-state index contributed by atoms with van der Waals surface area (Å²) in [7, 11) is -3.24. The van der Waals surface area contributed by atoms with Gasteiger partial charge in [0, 0.05) is 31.6 Å². The number of nitrogens with zero attached hydrogens (tertiary/aromatic N) is 2. The Morgan fingerprint density at radius 2 is 1.67 bits per heavy atom. The van der Waals surface area contributed by atoms with E-state index in [2.05, 4.69) is 0 Å². The second kappa shape index (κ2) is 9.43. The monoisotopic (exact) mass is 474 g/mol. The number of anilines is 1. The Morgan fingerprint density at radius 1 is 0.970 bits per heavy atom. The predicted octanol–water partition coefficient (Wildman–Crippen LogP) is 3.64. The van der Waals surface area contributed by atoms with Crippen LogP contribution >= 0.6 is 0 Å². The molecule has 33 heavy (non-hydrogen) atoms. The van der Waals surface area contributed by atoms with Gasteiger partial charge in [-0.3, -0.25) is 13.9 Å². The molecule has 2 heterocycles. The molecule has 0 bridgehead atoms. The van der Waals surface area contributed by atoms with Gasteiger partial charge >= 0.3 is 0 Å². The van der Waals surface area contributed by atoms with Gasteiger partial charge < -0.3 is 4.90 Å². The number of sulfonamides is 1. The minimum Gasteiger partial charge on any atom is -0.339 e. The SMILES string of the molecule is O=C(c1cc(F)ccc1F)C1CCN(C(=O)/C=C/c2ccc(N3CCCS3(=O)=O)cc2)CC1. The van der Waals surface area contributed by atoms with Crippen LogP contribution in [0.1, 0.15) is 35.2 Å². The van der Waals surface area contributed by atoms with E-state index in [1.165, 1.54) is 10.4 Å². The molecule has 0 N–H and O–H groups in total. The molecule has 6 nitrogen and oxygen atoms in total. The number of benzene rings is 2. The molecule has 0 atom stereocenters. The summed E-state index contributed by atoms with van der Waals surface area (Å²) in [6.45, 7) is 1.17. The van der Waals surface area contributed by atoms with Gasteiger partial charge in [-0.15, -0.1) is 0 Å². The summed E-state index contributed by atoms with van der Waals surface area (Å²) in [5.74, 6) is -2.34. The first kappa shape index (κ1) is 23.1. The quantitative estimate of drug-likeness (QED) is 0.490. The third-order valence-corrected chi connectivity index (χ3v) is 7.94. The summed E-state index contributed by atoms with van der Waals surface area (Å²) in [4.78, 5) is 26.7. The Bertz CT molecular complexity index is 1190. The molecule has 0 spiro atoms. The van der Waals surface area contributed by atoms with Gasteiger partial charge in [0.05, 0.1) is 17.0 Å². The highest BCUT2D eigenvalue weighted by Crippen LogP contribution is 2.26. The molecule has 174 valence electrons. The fraction of sp³-hybridized carbons (Fsp3) is 0.333. The first-order chi connectivity index (χ1) is 15.7. The zero-order chi connectivity index (χ0) is 23.6. The van der Waals surface area contributed by atoms with E-state index in [4.69, 9.17) is 0 Å². The second-order valence-corrected chi connectivity index (χ2v) is 10.3. The van der Waals surface area contributed by atoms with Crippen LogP contribution in [-0.2, 0) is 14.8 Å². The van der Waals surface area contributed by atoms with Crippen molar-refractivity contribution in [3.63, 3.8) is 0 Å². The first-order valence-corrected chi connectivity index (χ1v) is 12.4. The molecule has 0 aliphatic carbocycles. The van der Waals surface area contributed by atoms with Crippen LogP contribution in [0, 0.1) is 17.6 Å². The van der Waals surface area contributed by atoms with E-state index < -0.39 is 33.4 Å². The van der Waals surface area contributed by atoms with Crippen molar-refractivity contribution in [3.05, 3.63) is 71.3 Å². The van der Waals surface area contributed by atoms with Gasteiger partial charge in [-0.05, 0) is 61.2 Å². The summed E-state index contributed by atoms with van der Waals surface area (Å²) < 4.78 is 52.7. The average Bonchev–Trinajstić information content (AvgIpc) is 3.18. The Labute approximate surface area is 191 Å². The van der Waals surface area contributed by atoms with Gasteiger partial charge in [0.2, 0.25) is 15.9 Å². The number of hydrogen-bond donors (Lipinski definition) is 0. The van der Waals surface area contributed by atoms with Crippen LogP contribution in [0.4, 0.5) is 14.5 Å². The van der Waals surface area contributed by atoms with E-state index in [1.807, 2.05) is 0 Å². The minimum atomic E-state index is -3.24. The molecule has 4 rings (SSSR count). The first-order valence-electron chi connectivity index (χ1n) is 10.8. The van der Waals surface area contributed by atoms with Gasteiger partial charge in [-0.2, -0.15) is 0 Å². The lowest BCUT2D eigenvalue weighted by atomic mass is 9.88. The van der Waals surface area contributed by atoms with Gasteiger partial charge in [0.1, 0.15) is 11.6 Å². The van der Waals surface area contributed by atoms with Gasteiger partial charge in [-0.1, -0.05) is 12.1 Å². The number of piperidine rings is 1. The maximum Gasteiger partial charge on any atom is 0.246 e. The van der Waals surface area contributed by atoms with Crippen LogP contribution in [0.2, 0.25) is 0 Å². The number of amides is 1. The molecule has 0 radical (unpaired) electrons. The number of hydrogen-bond acceptors (Lipinski definition) is 4. The van der Waals surface area contributed by atoms with Crippen molar-refractivity contribution in [2.75, 3.05) is 29.7 Å². The minimum absolute atomic E-state index is 0.155. The molecular weight excluding hydrogens is 450 g/mol. The topological polar surface area (TPSA) is 74.8 Å². The number of carbonyl (C=O) groups excluding carboxylic acids is 2. The van der Waals surface area contributed by atoms with Crippen LogP contribution in [0.3, 0.4) is 0 Å². The maximum absolute atomic E-state index is 13.9. The van der Waals surface area contributed by atoms with E-state index in [1.54, 1.807) is 35.2 Å². The molecular formula is C24H24F2N2O4S. The molecule has 9 heteroatoms. The summed E-state index contributed by atoms with van der Waals surface area (Å²) >= 11 is 0. The fourth-order valence-electron chi connectivity index (χ4n) is 4.22. The molecule has 1 amide bonds. The maximum atomic E-state index is 13.9. The molecule has 0 aromatic heterocycles. The van der Waals surface area contributed by atoms with Crippen LogP contribution in [-0.4, -0.2) is 50.4 Å². The van der Waals surface area contributed by atoms with Crippen molar-refractivity contribution in [2.24, 2.45) is 5.92 Å². The average molecular weight is 475 g/mol. The molecule has 0 saturated carbocycles. The van der Waals surface area contributed by atoms with Crippen molar-refractivity contribution < 1.29 is 26.8 Å². The molecule has 2 aromatic carbocycles. The van der Waals surface area contributed by atoms with Crippen molar-refractivity contribution >= 4 is 33.5 Å². The fourth-order valence-corrected chi connectivity index (χ4v) is 5.79. The Balaban J connectivity index is 1.33. The summed E-state index contributed by atoms with van der Waals surface area (Å²) in [6.07, 6.45) is 4.47. The van der Waals surface area contributed by atoms with Crippen LogP contribution in [0.15, 0.2) is 48.5 Å². The highest BCUT2D eigenvalue weighted by Gasteiger charge is 2.29. The number of ketones is 1. The van der Waals surface area contributed by atoms with Gasteiger partial charge in [0.15, 0.2) is 5.78 Å². The number of carbonyl (C=O) groups is 2. The highest BCUT2D eigenvalue weighted by atomic mass is 32.2. The molecule has 0 unspecified atom stereocenters. The van der Waals surface area contributed by atoms with E-state index in [0.29, 0.717) is 44.6 Å². The molecule has 2 fully saturated rings. The number of likely N-dealkylation sites (tertiary alicyclic amines) is 1. The van der Waals surface area contributed by atoms with Crippen LogP contribution in [0.25, 0.3) is 6.08 Å². The van der Waals surface area contributed by atoms with Crippen LogP contribution in [0.5, 0.6) is 0 Å². The number of Topliss-reactive ketones (excluding diaryl/α,β-unsaturated/α-hetero) is 1. The lowest BCUT2D eigenvalue weighted by molar-refractivity contribution is -0.127. The Hall–Kier alpha value is -3.07. The molecule has 2 aliphatic heterocycles. The Kier molecular flexibility index (Phi) is 6.60. The second-order valence-electron chi connectivity index (χ2n) is 8.25. The smallest absolute Gasteiger partial charge is 0.246 e. The normalized spacial score (nSPS) is 18.7. The van der Waals surface area contributed by atoms with E-state index >= 15 is 0 Å². The van der Waals surface area contributed by atoms with Crippen molar-refractivity contribution in [2.45, 2.75) is 19.3 Å². The van der Waals surface area contributed by atoms with Crippen molar-refractivity contribution in [1.82, 2.24) is 4.90 Å². The summed E-state index contributed by atoms with van der Waals surface area (Å²) in [5.41, 5.74) is 1.12. The third-order valence-electron chi connectivity index (χ3n) is 6.07. The van der Waals surface area contributed by atoms with Crippen LogP contribution < -0.4 is 4.31 Å². The van der Waals surface area contributed by atoms with E-state index in [9.17, 15) is 26.8 Å². The molecule has 2 aliphatic rings. The Morgan fingerprint density at radius 3 is 2.30 bits per heavy atom. The zero-order valence-corrected chi connectivity index (χ0v) is 18.7. The van der Waals surface area contributed by atoms with Gasteiger partial charge in [0.25, 0.3) is 0 Å². The number of rotatable bonds is 5. The van der Waals surface area contributed by atoms with Gasteiger partial charge in [-0.25, -0.2) is 17.2 Å². The lowest BCUT2D eigenvalue weighted by Crippen LogP contribution is -2.39. The molecule has 2 saturated heterocycles. The zero-order valence-electron chi connectivity index (χ0n) is 17.9. The van der Waals surface area contributed by atoms with Crippen molar-refractivity contribution in [3.8, 4) is 0 Å². The lowest BCUT2D eigenvalue weighted by Gasteiger charge is -2.30. The van der Waals surface area contributed by atoms with E-state index in [-0.39, 0.29) is 17.2 Å². The molecule has 2 aromatic rings.